The summed E-state index contributed by atoms with van der Waals surface area (Å²) in [7, 11) is 0. The van der Waals surface area contributed by atoms with E-state index in [2.05, 4.69) is 5.32 Å². The first-order chi connectivity index (χ1) is 9.49. The van der Waals surface area contributed by atoms with Gasteiger partial charge in [0.25, 0.3) is 11.6 Å². The Hall–Kier alpha value is -2.60. The van der Waals surface area contributed by atoms with Gasteiger partial charge in [0.1, 0.15) is 5.02 Å². The van der Waals surface area contributed by atoms with Crippen molar-refractivity contribution in [3.05, 3.63) is 63.2 Å². The molecule has 102 valence electrons. The molecule has 7 heteroatoms. The summed E-state index contributed by atoms with van der Waals surface area (Å²) >= 11 is 5.77. The van der Waals surface area contributed by atoms with E-state index in [4.69, 9.17) is 17.3 Å². The number of halogens is 1. The number of carbonyl (C=O) groups is 1. The van der Waals surface area contributed by atoms with E-state index in [9.17, 15) is 14.9 Å². The summed E-state index contributed by atoms with van der Waals surface area (Å²) < 4.78 is 0. The van der Waals surface area contributed by atoms with Crippen LogP contribution in [0.15, 0.2) is 42.5 Å². The smallest absolute Gasteiger partial charge is 0.288 e. The van der Waals surface area contributed by atoms with Crippen molar-refractivity contribution in [2.75, 3.05) is 11.1 Å². The number of rotatable bonds is 3. The van der Waals surface area contributed by atoms with E-state index in [1.54, 1.807) is 24.3 Å². The summed E-state index contributed by atoms with van der Waals surface area (Å²) in [6, 6.07) is 10.5. The maximum absolute atomic E-state index is 12.0. The standard InChI is InChI=1S/C13H10ClN3O3/c14-10-7-8(5-6-12(10)17(19)20)16-13(18)9-3-1-2-4-11(9)15/h1-7H,15H2,(H,16,18). The van der Waals surface area contributed by atoms with Crippen LogP contribution in [0.25, 0.3) is 0 Å². The SMILES string of the molecule is Nc1ccccc1C(=O)Nc1ccc([N+](=O)[O-])c(Cl)c1. The summed E-state index contributed by atoms with van der Waals surface area (Å²) in [5.74, 6) is -0.409. The normalized spacial score (nSPS) is 10.1. The molecule has 0 bridgehead atoms. The Labute approximate surface area is 119 Å². The molecular weight excluding hydrogens is 282 g/mol. The van der Waals surface area contributed by atoms with Crippen molar-refractivity contribution in [1.82, 2.24) is 0 Å². The van der Waals surface area contributed by atoms with E-state index in [1.807, 2.05) is 0 Å². The zero-order chi connectivity index (χ0) is 14.7. The van der Waals surface area contributed by atoms with Gasteiger partial charge in [-0.3, -0.25) is 14.9 Å². The largest absolute Gasteiger partial charge is 0.398 e. The summed E-state index contributed by atoms with van der Waals surface area (Å²) in [5, 5.41) is 13.2. The Kier molecular flexibility index (Phi) is 3.86. The Morgan fingerprint density at radius 1 is 1.25 bits per heavy atom. The van der Waals surface area contributed by atoms with Gasteiger partial charge in [0.15, 0.2) is 0 Å². The van der Waals surface area contributed by atoms with Gasteiger partial charge in [-0.1, -0.05) is 23.7 Å². The quantitative estimate of drug-likeness (QED) is 0.516. The van der Waals surface area contributed by atoms with Crippen LogP contribution in [0, 0.1) is 10.1 Å². The van der Waals surface area contributed by atoms with Gasteiger partial charge in [0.05, 0.1) is 10.5 Å². The fourth-order valence-electron chi connectivity index (χ4n) is 1.63. The molecule has 0 atom stereocenters. The summed E-state index contributed by atoms with van der Waals surface area (Å²) in [4.78, 5) is 22.0. The molecule has 0 aliphatic carbocycles. The number of hydrogen-bond donors (Lipinski definition) is 2. The molecule has 0 aromatic heterocycles. The fraction of sp³-hybridized carbons (Fsp3) is 0. The van der Waals surface area contributed by atoms with Gasteiger partial charge in [-0.05, 0) is 24.3 Å². The monoisotopic (exact) mass is 291 g/mol. The van der Waals surface area contributed by atoms with Crippen LogP contribution in [0.3, 0.4) is 0 Å². The second-order valence-corrected chi connectivity index (χ2v) is 4.37. The molecule has 0 fully saturated rings. The Morgan fingerprint density at radius 3 is 2.55 bits per heavy atom. The highest BCUT2D eigenvalue weighted by atomic mass is 35.5. The van der Waals surface area contributed by atoms with Crippen LogP contribution < -0.4 is 11.1 Å². The number of nitrogen functional groups attached to an aromatic ring is 1. The number of amides is 1. The highest BCUT2D eigenvalue weighted by Gasteiger charge is 2.14. The Morgan fingerprint density at radius 2 is 1.95 bits per heavy atom. The maximum atomic E-state index is 12.0. The first-order valence-electron chi connectivity index (χ1n) is 5.59. The van der Waals surface area contributed by atoms with Crippen molar-refractivity contribution in [2.45, 2.75) is 0 Å². The van der Waals surface area contributed by atoms with Gasteiger partial charge < -0.3 is 11.1 Å². The minimum absolute atomic E-state index is 0.0474. The molecule has 0 aliphatic rings. The Balaban J connectivity index is 2.23. The first-order valence-corrected chi connectivity index (χ1v) is 5.96. The molecule has 0 heterocycles. The zero-order valence-corrected chi connectivity index (χ0v) is 10.9. The van der Waals surface area contributed by atoms with Gasteiger partial charge in [0, 0.05) is 17.4 Å². The van der Waals surface area contributed by atoms with Gasteiger partial charge in [-0.2, -0.15) is 0 Å². The zero-order valence-electron chi connectivity index (χ0n) is 10.2. The molecule has 20 heavy (non-hydrogen) atoms. The maximum Gasteiger partial charge on any atom is 0.288 e. The summed E-state index contributed by atoms with van der Waals surface area (Å²) in [6.07, 6.45) is 0. The predicted octanol–water partition coefficient (Wildman–Crippen LogP) is 3.08. The van der Waals surface area contributed by atoms with Gasteiger partial charge in [-0.25, -0.2) is 0 Å². The fourth-order valence-corrected chi connectivity index (χ4v) is 1.88. The third kappa shape index (κ3) is 2.86. The van der Waals surface area contributed by atoms with Crippen molar-refractivity contribution in [1.29, 1.82) is 0 Å². The second kappa shape index (κ2) is 5.58. The number of nitrogens with zero attached hydrogens (tertiary/aromatic N) is 1. The molecular formula is C13H10ClN3O3. The molecule has 2 aromatic carbocycles. The second-order valence-electron chi connectivity index (χ2n) is 3.96. The number of benzene rings is 2. The number of para-hydroxylation sites is 1. The van der Waals surface area contributed by atoms with Gasteiger partial charge >= 0.3 is 0 Å². The van der Waals surface area contributed by atoms with E-state index in [0.29, 0.717) is 16.9 Å². The van der Waals surface area contributed by atoms with Gasteiger partial charge in [0.2, 0.25) is 0 Å². The Bertz CT molecular complexity index is 688. The van der Waals surface area contributed by atoms with E-state index < -0.39 is 10.8 Å². The minimum Gasteiger partial charge on any atom is -0.398 e. The molecule has 0 spiro atoms. The minimum atomic E-state index is -0.594. The molecule has 0 aliphatic heterocycles. The van der Waals surface area contributed by atoms with Crippen LogP contribution in [0.4, 0.5) is 17.1 Å². The lowest BCUT2D eigenvalue weighted by Crippen LogP contribution is -2.13. The van der Waals surface area contributed by atoms with E-state index >= 15 is 0 Å². The lowest BCUT2D eigenvalue weighted by molar-refractivity contribution is -0.384. The molecule has 0 unspecified atom stereocenters. The van der Waals surface area contributed by atoms with Crippen LogP contribution in [0.2, 0.25) is 5.02 Å². The van der Waals surface area contributed by atoms with Crippen molar-refractivity contribution in [3.8, 4) is 0 Å². The number of nitro benzene ring substituents is 1. The van der Waals surface area contributed by atoms with Crippen LogP contribution in [0.1, 0.15) is 10.4 Å². The van der Waals surface area contributed by atoms with Gasteiger partial charge in [-0.15, -0.1) is 0 Å². The summed E-state index contributed by atoms with van der Waals surface area (Å²) in [5.41, 5.74) is 6.50. The lowest BCUT2D eigenvalue weighted by Gasteiger charge is -2.07. The van der Waals surface area contributed by atoms with Crippen LogP contribution in [-0.4, -0.2) is 10.8 Å². The number of nitro groups is 1. The number of nitrogens with one attached hydrogen (secondary N) is 1. The first kappa shape index (κ1) is 13.8. The summed E-state index contributed by atoms with van der Waals surface area (Å²) in [6.45, 7) is 0. The van der Waals surface area contributed by atoms with E-state index in [0.717, 1.165) is 0 Å². The molecule has 2 aromatic rings. The molecule has 0 radical (unpaired) electrons. The highest BCUT2D eigenvalue weighted by Crippen LogP contribution is 2.27. The topological polar surface area (TPSA) is 98.3 Å². The number of hydrogen-bond acceptors (Lipinski definition) is 4. The van der Waals surface area contributed by atoms with Crippen molar-refractivity contribution in [3.63, 3.8) is 0 Å². The third-order valence-electron chi connectivity index (χ3n) is 2.61. The van der Waals surface area contributed by atoms with Crippen LogP contribution in [0.5, 0.6) is 0 Å². The van der Waals surface area contributed by atoms with E-state index in [-0.39, 0.29) is 10.7 Å². The average molecular weight is 292 g/mol. The molecule has 2 rings (SSSR count). The lowest BCUT2D eigenvalue weighted by atomic mass is 10.1. The van der Waals surface area contributed by atoms with Crippen LogP contribution >= 0.6 is 11.6 Å². The third-order valence-corrected chi connectivity index (χ3v) is 2.91. The molecule has 6 nitrogen and oxygen atoms in total. The number of nitrogens with two attached hydrogens (primary N) is 1. The average Bonchev–Trinajstić information content (AvgIpc) is 2.38. The number of carbonyl (C=O) groups excluding carboxylic acids is 1. The molecule has 3 N–H and O–H groups in total. The highest BCUT2D eigenvalue weighted by molar-refractivity contribution is 6.33. The van der Waals surface area contributed by atoms with Crippen molar-refractivity contribution >= 4 is 34.6 Å². The molecule has 0 saturated heterocycles. The number of anilines is 2. The van der Waals surface area contributed by atoms with E-state index in [1.165, 1.54) is 18.2 Å². The van der Waals surface area contributed by atoms with Crippen molar-refractivity contribution < 1.29 is 9.72 Å². The van der Waals surface area contributed by atoms with Crippen LogP contribution in [-0.2, 0) is 0 Å². The van der Waals surface area contributed by atoms with Crippen molar-refractivity contribution in [2.24, 2.45) is 0 Å². The molecule has 1 amide bonds. The predicted molar refractivity (Wildman–Crippen MR) is 76.9 cm³/mol. The molecule has 0 saturated carbocycles.